The van der Waals surface area contributed by atoms with Gasteiger partial charge in [0.05, 0.1) is 18.7 Å². The molecular formula is C30H38N2O4S. The van der Waals surface area contributed by atoms with Crippen molar-refractivity contribution in [2.75, 3.05) is 32.5 Å². The van der Waals surface area contributed by atoms with E-state index < -0.39 is 12.1 Å². The lowest BCUT2D eigenvalue weighted by atomic mass is 9.79. The molecule has 0 spiro atoms. The number of carboxylic acid groups (broad SMARTS) is 1. The number of aliphatic hydroxyl groups is 1. The average molecular weight is 523 g/mol. The molecule has 3 atom stereocenters. The molecule has 37 heavy (non-hydrogen) atoms. The van der Waals surface area contributed by atoms with Gasteiger partial charge in [-0.2, -0.15) is 0 Å². The largest absolute Gasteiger partial charge is 0.497 e. The number of carboxylic acids is 1. The number of ether oxygens (including phenoxy) is 1. The molecule has 2 aromatic carbocycles. The van der Waals surface area contributed by atoms with Crippen LogP contribution in [-0.4, -0.2) is 58.6 Å². The molecule has 0 bridgehead atoms. The van der Waals surface area contributed by atoms with Crippen molar-refractivity contribution in [2.45, 2.75) is 50.0 Å². The molecule has 1 aromatic heterocycles. The normalized spacial score (nSPS) is 19.1. The number of fused-ring (bicyclic) bond motifs is 1. The van der Waals surface area contributed by atoms with Gasteiger partial charge in [-0.15, -0.1) is 11.8 Å². The lowest BCUT2D eigenvalue weighted by molar-refractivity contribution is -0.139. The summed E-state index contributed by atoms with van der Waals surface area (Å²) in [5.41, 5.74) is 2.96. The van der Waals surface area contributed by atoms with Crippen LogP contribution in [0.25, 0.3) is 10.9 Å². The number of aliphatic carboxylic acids is 1. The zero-order valence-electron chi connectivity index (χ0n) is 21.8. The highest BCUT2D eigenvalue weighted by Gasteiger charge is 2.31. The maximum absolute atomic E-state index is 11.6. The highest BCUT2D eigenvalue weighted by Crippen LogP contribution is 2.35. The Morgan fingerprint density at radius 3 is 2.86 bits per heavy atom. The lowest BCUT2D eigenvalue weighted by Gasteiger charge is -2.38. The van der Waals surface area contributed by atoms with Crippen LogP contribution in [0.2, 0.25) is 0 Å². The summed E-state index contributed by atoms with van der Waals surface area (Å²) in [5.74, 6) is 1.47. The minimum Gasteiger partial charge on any atom is -0.497 e. The molecule has 1 saturated heterocycles. The number of hydrogen-bond acceptors (Lipinski definition) is 6. The number of nitrogens with zero attached hydrogens (tertiary/aromatic N) is 2. The van der Waals surface area contributed by atoms with Crippen molar-refractivity contribution in [1.29, 1.82) is 0 Å². The standard InChI is InChI=1S/C30H38N2O4S/c1-21-5-3-6-25(17-21)37-16-4-14-32-15-12-22(23(20-32)18-30(34)35)7-10-29(33)26-11-13-31-28-9-8-24(36-2)19-27(26)28/h3,5-6,8-9,11,13,17,19,22-23,29,33H,4,7,10,12,14-16,18,20H2,1-2H3,(H,34,35)/t22-,23+,29-/m1/s1. The second-order valence-corrected chi connectivity index (χ2v) is 11.3. The van der Waals surface area contributed by atoms with E-state index in [1.165, 1.54) is 10.5 Å². The van der Waals surface area contributed by atoms with Crippen LogP contribution in [0.5, 0.6) is 5.75 Å². The maximum Gasteiger partial charge on any atom is 0.303 e. The van der Waals surface area contributed by atoms with Gasteiger partial charge in [-0.3, -0.25) is 9.78 Å². The fraction of sp³-hybridized carbons (Fsp3) is 0.467. The smallest absolute Gasteiger partial charge is 0.303 e. The monoisotopic (exact) mass is 522 g/mol. The molecule has 7 heteroatoms. The van der Waals surface area contributed by atoms with E-state index in [4.69, 9.17) is 4.74 Å². The summed E-state index contributed by atoms with van der Waals surface area (Å²) in [6, 6.07) is 16.2. The van der Waals surface area contributed by atoms with Crippen molar-refractivity contribution in [1.82, 2.24) is 9.88 Å². The van der Waals surface area contributed by atoms with Crippen LogP contribution in [0.1, 0.15) is 49.3 Å². The van der Waals surface area contributed by atoms with E-state index >= 15 is 0 Å². The summed E-state index contributed by atoms with van der Waals surface area (Å²) in [6.45, 7) is 4.92. The van der Waals surface area contributed by atoms with Crippen LogP contribution in [0.3, 0.4) is 0 Å². The molecule has 0 unspecified atom stereocenters. The van der Waals surface area contributed by atoms with E-state index in [0.29, 0.717) is 12.3 Å². The Kier molecular flexibility index (Phi) is 9.83. The fourth-order valence-electron chi connectivity index (χ4n) is 5.47. The molecule has 2 heterocycles. The third kappa shape index (κ3) is 7.69. The fourth-order valence-corrected chi connectivity index (χ4v) is 6.42. The van der Waals surface area contributed by atoms with E-state index in [9.17, 15) is 15.0 Å². The van der Waals surface area contributed by atoms with Gasteiger partial charge >= 0.3 is 5.97 Å². The first kappa shape index (κ1) is 27.4. The lowest BCUT2D eigenvalue weighted by Crippen LogP contribution is -2.42. The predicted octanol–water partition coefficient (Wildman–Crippen LogP) is 5.96. The number of methoxy groups -OCH3 is 1. The third-order valence-corrected chi connectivity index (χ3v) is 8.52. The van der Waals surface area contributed by atoms with Gasteiger partial charge in [0.1, 0.15) is 5.75 Å². The van der Waals surface area contributed by atoms with Gasteiger partial charge in [0, 0.05) is 29.4 Å². The maximum atomic E-state index is 11.6. The number of likely N-dealkylation sites (tertiary alicyclic amines) is 1. The zero-order chi connectivity index (χ0) is 26.2. The number of thioether (sulfide) groups is 1. The summed E-state index contributed by atoms with van der Waals surface area (Å²) in [6.07, 6.45) is 4.76. The Bertz CT molecular complexity index is 1190. The number of benzene rings is 2. The predicted molar refractivity (Wildman–Crippen MR) is 149 cm³/mol. The SMILES string of the molecule is COc1ccc2nccc([C@H](O)CC[C@@H]3CCN(CCCSc4cccc(C)c4)C[C@@H]3CC(=O)O)c2c1. The van der Waals surface area contributed by atoms with Gasteiger partial charge in [0.2, 0.25) is 0 Å². The zero-order valence-corrected chi connectivity index (χ0v) is 22.6. The quantitative estimate of drug-likeness (QED) is 0.224. The third-order valence-electron chi connectivity index (χ3n) is 7.44. The summed E-state index contributed by atoms with van der Waals surface area (Å²) in [7, 11) is 1.63. The number of carbonyl (C=O) groups is 1. The Balaban J connectivity index is 1.31. The highest BCUT2D eigenvalue weighted by molar-refractivity contribution is 7.99. The summed E-state index contributed by atoms with van der Waals surface area (Å²) < 4.78 is 5.36. The molecule has 6 nitrogen and oxygen atoms in total. The molecule has 0 radical (unpaired) electrons. The van der Waals surface area contributed by atoms with Crippen molar-refractivity contribution in [3.05, 3.63) is 65.9 Å². The van der Waals surface area contributed by atoms with Crippen molar-refractivity contribution >= 4 is 28.6 Å². The number of pyridine rings is 1. The molecular weight excluding hydrogens is 484 g/mol. The van der Waals surface area contributed by atoms with Crippen molar-refractivity contribution in [3.8, 4) is 5.75 Å². The van der Waals surface area contributed by atoms with Gasteiger partial charge in [-0.1, -0.05) is 17.7 Å². The highest BCUT2D eigenvalue weighted by atomic mass is 32.2. The number of aryl methyl sites for hydroxylation is 1. The second-order valence-electron chi connectivity index (χ2n) is 10.1. The number of aromatic nitrogens is 1. The Morgan fingerprint density at radius 1 is 1.22 bits per heavy atom. The minimum absolute atomic E-state index is 0.108. The van der Waals surface area contributed by atoms with Crippen LogP contribution in [-0.2, 0) is 4.79 Å². The molecule has 3 aromatic rings. The first-order valence-corrected chi connectivity index (χ1v) is 14.2. The first-order valence-electron chi connectivity index (χ1n) is 13.2. The van der Waals surface area contributed by atoms with Crippen molar-refractivity contribution < 1.29 is 19.7 Å². The van der Waals surface area contributed by atoms with Crippen molar-refractivity contribution in [2.24, 2.45) is 11.8 Å². The van der Waals surface area contributed by atoms with Gasteiger partial charge in [-0.05, 0) is 105 Å². The van der Waals surface area contributed by atoms with E-state index in [-0.39, 0.29) is 12.3 Å². The Morgan fingerprint density at radius 2 is 2.08 bits per heavy atom. The number of piperidine rings is 1. The van der Waals surface area contributed by atoms with Crippen molar-refractivity contribution in [3.63, 3.8) is 0 Å². The molecule has 0 saturated carbocycles. The van der Waals surface area contributed by atoms with Crippen LogP contribution in [0.15, 0.2) is 59.6 Å². The molecule has 198 valence electrons. The molecule has 0 aliphatic carbocycles. The van der Waals surface area contributed by atoms with Gasteiger partial charge in [0.25, 0.3) is 0 Å². The topological polar surface area (TPSA) is 82.9 Å². The van der Waals surface area contributed by atoms with Gasteiger partial charge in [0.15, 0.2) is 0 Å². The molecule has 2 N–H and O–H groups in total. The van der Waals surface area contributed by atoms with E-state index in [0.717, 1.165) is 66.9 Å². The molecule has 1 aliphatic rings. The van der Waals surface area contributed by atoms with Crippen LogP contribution >= 0.6 is 11.8 Å². The number of rotatable bonds is 12. The molecule has 4 rings (SSSR count). The number of aliphatic hydroxyl groups excluding tert-OH is 1. The molecule has 1 aliphatic heterocycles. The Hall–Kier alpha value is -2.61. The first-order chi connectivity index (χ1) is 17.9. The van der Waals surface area contributed by atoms with Gasteiger partial charge < -0.3 is 19.8 Å². The van der Waals surface area contributed by atoms with Gasteiger partial charge in [-0.25, -0.2) is 0 Å². The average Bonchev–Trinajstić information content (AvgIpc) is 2.89. The van der Waals surface area contributed by atoms with Crippen LogP contribution < -0.4 is 4.74 Å². The van der Waals surface area contributed by atoms with E-state index in [1.54, 1.807) is 13.3 Å². The summed E-state index contributed by atoms with van der Waals surface area (Å²) in [5, 5.41) is 21.6. The second kappa shape index (κ2) is 13.3. The molecule has 0 amide bonds. The van der Waals surface area contributed by atoms with Crippen LogP contribution in [0.4, 0.5) is 0 Å². The summed E-state index contributed by atoms with van der Waals surface area (Å²) in [4.78, 5) is 19.8. The minimum atomic E-state index is -0.736. The number of hydrogen-bond donors (Lipinski definition) is 2. The summed E-state index contributed by atoms with van der Waals surface area (Å²) >= 11 is 1.89. The Labute approximate surface area is 224 Å². The molecule has 1 fully saturated rings. The van der Waals surface area contributed by atoms with Crippen LogP contribution in [0, 0.1) is 18.8 Å². The van der Waals surface area contributed by atoms with E-state index in [2.05, 4.69) is 41.1 Å². The van der Waals surface area contributed by atoms with E-state index in [1.807, 2.05) is 36.0 Å².